The van der Waals surface area contributed by atoms with Crippen molar-refractivity contribution in [1.82, 2.24) is 24.6 Å². The first-order valence-electron chi connectivity index (χ1n) is 13.3. The van der Waals surface area contributed by atoms with Crippen LogP contribution < -0.4 is 4.74 Å². The van der Waals surface area contributed by atoms with Crippen LogP contribution in [0.25, 0.3) is 5.69 Å². The molecular formula is C29H35N5O3. The Bertz CT molecular complexity index is 1220. The molecule has 2 aromatic carbocycles. The summed E-state index contributed by atoms with van der Waals surface area (Å²) in [5, 5.41) is 7.70. The van der Waals surface area contributed by atoms with Gasteiger partial charge in [-0.3, -0.25) is 14.2 Å². The highest BCUT2D eigenvalue weighted by molar-refractivity contribution is 5.95. The Hall–Kier alpha value is -3.68. The van der Waals surface area contributed by atoms with Crippen molar-refractivity contribution in [2.75, 3.05) is 33.3 Å². The number of nitrogens with zero attached hydrogens (tertiary/aromatic N) is 5. The molecule has 3 heterocycles. The lowest BCUT2D eigenvalue weighted by atomic mass is 9.73. The lowest BCUT2D eigenvalue weighted by Crippen LogP contribution is -2.51. The summed E-state index contributed by atoms with van der Waals surface area (Å²) in [5.41, 5.74) is 2.31. The van der Waals surface area contributed by atoms with Crippen LogP contribution in [0.15, 0.2) is 61.2 Å². The Balaban J connectivity index is 1.26. The van der Waals surface area contributed by atoms with Gasteiger partial charge in [-0.25, -0.2) is 0 Å². The summed E-state index contributed by atoms with van der Waals surface area (Å²) in [6, 6.07) is 15.7. The summed E-state index contributed by atoms with van der Waals surface area (Å²) in [5.74, 6) is 1.12. The number of para-hydroxylation sites is 1. The van der Waals surface area contributed by atoms with Crippen LogP contribution in [0.2, 0.25) is 0 Å². The fraction of sp³-hybridized carbons (Fsp3) is 0.448. The summed E-state index contributed by atoms with van der Waals surface area (Å²) in [7, 11) is 1.88. The van der Waals surface area contributed by atoms with Gasteiger partial charge in [0.15, 0.2) is 0 Å². The number of aryl methyl sites for hydroxylation is 1. The molecule has 3 aromatic rings. The predicted octanol–water partition coefficient (Wildman–Crippen LogP) is 4.14. The van der Waals surface area contributed by atoms with Crippen LogP contribution in [0.5, 0.6) is 5.75 Å². The largest absolute Gasteiger partial charge is 0.491 e. The molecule has 8 nitrogen and oxygen atoms in total. The van der Waals surface area contributed by atoms with Gasteiger partial charge in [-0.05, 0) is 61.9 Å². The molecule has 1 aromatic heterocycles. The zero-order valence-electron chi connectivity index (χ0n) is 21.5. The zero-order chi connectivity index (χ0) is 25.7. The molecule has 0 N–H and O–H groups in total. The molecule has 37 heavy (non-hydrogen) atoms. The van der Waals surface area contributed by atoms with E-state index in [0.717, 1.165) is 43.5 Å². The lowest BCUT2D eigenvalue weighted by molar-refractivity contribution is -0.144. The van der Waals surface area contributed by atoms with Gasteiger partial charge in [0.05, 0.1) is 12.0 Å². The predicted molar refractivity (Wildman–Crippen MR) is 141 cm³/mol. The van der Waals surface area contributed by atoms with Crippen LogP contribution in [0, 0.1) is 5.41 Å². The van der Waals surface area contributed by atoms with Crippen molar-refractivity contribution in [2.45, 2.75) is 44.9 Å². The lowest BCUT2D eigenvalue weighted by Gasteiger charge is -2.42. The Morgan fingerprint density at radius 2 is 1.70 bits per heavy atom. The average Bonchev–Trinajstić information content (AvgIpc) is 3.48. The molecule has 2 aliphatic heterocycles. The summed E-state index contributed by atoms with van der Waals surface area (Å²) in [6.07, 6.45) is 9.63. The van der Waals surface area contributed by atoms with Crippen molar-refractivity contribution >= 4 is 11.8 Å². The number of carbonyl (C=O) groups excluding carboxylic acids is 2. The standard InChI is InChI=1S/C29H35N5O3/c1-32-18-19-37-26-12-5-4-9-23(26)8-3-2-6-13-29(28(32)36)14-16-33(17-15-29)27(35)24-10-7-11-25(20-24)34-21-30-31-22-34/h4-5,7,9-12,20-22H,2-3,6,8,13-19H2,1H3. The van der Waals surface area contributed by atoms with E-state index in [1.165, 1.54) is 5.56 Å². The van der Waals surface area contributed by atoms with Crippen molar-refractivity contribution in [2.24, 2.45) is 5.41 Å². The number of ether oxygens (including phenoxy) is 1. The number of likely N-dealkylation sites (tertiary alicyclic amines) is 1. The second-order valence-corrected chi connectivity index (χ2v) is 10.2. The molecule has 194 valence electrons. The Morgan fingerprint density at radius 1 is 0.919 bits per heavy atom. The first kappa shape index (κ1) is 25.0. The maximum atomic E-state index is 13.7. The molecule has 5 rings (SSSR count). The number of hydrogen-bond acceptors (Lipinski definition) is 5. The number of amides is 2. The second-order valence-electron chi connectivity index (χ2n) is 10.2. The van der Waals surface area contributed by atoms with Gasteiger partial charge < -0.3 is 14.5 Å². The second kappa shape index (κ2) is 11.2. The fourth-order valence-corrected chi connectivity index (χ4v) is 5.63. The fourth-order valence-electron chi connectivity index (χ4n) is 5.63. The first-order valence-corrected chi connectivity index (χ1v) is 13.3. The molecule has 0 aliphatic carbocycles. The molecule has 2 aliphatic rings. The number of aromatic nitrogens is 3. The number of piperidine rings is 1. The van der Waals surface area contributed by atoms with Gasteiger partial charge in [0.1, 0.15) is 25.0 Å². The van der Waals surface area contributed by atoms with Crippen LogP contribution in [-0.2, 0) is 11.2 Å². The van der Waals surface area contributed by atoms with Gasteiger partial charge in [-0.15, -0.1) is 10.2 Å². The molecule has 0 unspecified atom stereocenters. The van der Waals surface area contributed by atoms with Crippen LogP contribution in [-0.4, -0.2) is 69.7 Å². The quantitative estimate of drug-likeness (QED) is 0.527. The molecule has 0 atom stereocenters. The smallest absolute Gasteiger partial charge is 0.253 e. The summed E-state index contributed by atoms with van der Waals surface area (Å²) in [6.45, 7) is 2.19. The monoisotopic (exact) mass is 501 g/mol. The minimum Gasteiger partial charge on any atom is -0.491 e. The van der Waals surface area contributed by atoms with Crippen molar-refractivity contribution in [3.63, 3.8) is 0 Å². The maximum absolute atomic E-state index is 13.7. The first-order chi connectivity index (χ1) is 18.1. The molecule has 1 fully saturated rings. The van der Waals surface area contributed by atoms with Gasteiger partial charge in [0.2, 0.25) is 5.91 Å². The van der Waals surface area contributed by atoms with Gasteiger partial charge in [0, 0.05) is 31.4 Å². The minimum atomic E-state index is -0.420. The number of carbonyl (C=O) groups is 2. The highest BCUT2D eigenvalue weighted by atomic mass is 16.5. The molecule has 8 heteroatoms. The Labute approximate surface area is 218 Å². The van der Waals surface area contributed by atoms with Gasteiger partial charge in [0.25, 0.3) is 5.91 Å². The van der Waals surface area contributed by atoms with Crippen molar-refractivity contribution in [3.05, 3.63) is 72.3 Å². The highest BCUT2D eigenvalue weighted by Crippen LogP contribution is 2.39. The van der Waals surface area contributed by atoms with Gasteiger partial charge in [-0.1, -0.05) is 37.1 Å². The number of likely N-dealkylation sites (N-methyl/N-ethyl adjacent to an activating group) is 1. The minimum absolute atomic E-state index is 0.00128. The van der Waals surface area contributed by atoms with E-state index in [1.54, 1.807) is 17.2 Å². The highest BCUT2D eigenvalue weighted by Gasteiger charge is 2.43. The number of benzene rings is 2. The zero-order valence-corrected chi connectivity index (χ0v) is 21.5. The number of rotatable bonds is 2. The number of hydrogen-bond donors (Lipinski definition) is 0. The summed E-state index contributed by atoms with van der Waals surface area (Å²) < 4.78 is 7.86. The third-order valence-electron chi connectivity index (χ3n) is 7.88. The van der Waals surface area contributed by atoms with Crippen molar-refractivity contribution < 1.29 is 14.3 Å². The molecule has 0 bridgehead atoms. The molecule has 1 spiro atoms. The third-order valence-corrected chi connectivity index (χ3v) is 7.88. The van der Waals surface area contributed by atoms with Crippen LogP contribution in [0.1, 0.15) is 54.4 Å². The maximum Gasteiger partial charge on any atom is 0.253 e. The van der Waals surface area contributed by atoms with E-state index in [2.05, 4.69) is 22.3 Å². The van der Waals surface area contributed by atoms with E-state index in [-0.39, 0.29) is 11.8 Å². The van der Waals surface area contributed by atoms with Crippen molar-refractivity contribution in [1.29, 1.82) is 0 Å². The molecule has 0 radical (unpaired) electrons. The Kier molecular flexibility index (Phi) is 7.53. The van der Waals surface area contributed by atoms with E-state index >= 15 is 0 Å². The topological polar surface area (TPSA) is 80.6 Å². The SMILES string of the molecule is CN1CCOc2ccccc2CCCCCC2(CCN(C(=O)c3cccc(-n4cnnc4)c3)CC2)C1=O. The van der Waals surface area contributed by atoms with Crippen LogP contribution >= 0.6 is 0 Å². The van der Waals surface area contributed by atoms with Crippen molar-refractivity contribution in [3.8, 4) is 11.4 Å². The number of fused-ring (bicyclic) bond motifs is 1. The average molecular weight is 502 g/mol. The summed E-state index contributed by atoms with van der Waals surface area (Å²) >= 11 is 0. The van der Waals surface area contributed by atoms with E-state index in [9.17, 15) is 9.59 Å². The van der Waals surface area contributed by atoms with E-state index in [1.807, 2.05) is 53.2 Å². The molecule has 1 saturated heterocycles. The van der Waals surface area contributed by atoms with Gasteiger partial charge in [-0.2, -0.15) is 0 Å². The van der Waals surface area contributed by atoms with E-state index in [4.69, 9.17) is 4.74 Å². The molecular weight excluding hydrogens is 466 g/mol. The molecule has 0 saturated carbocycles. The van der Waals surface area contributed by atoms with Crippen LogP contribution in [0.3, 0.4) is 0 Å². The van der Waals surface area contributed by atoms with E-state index < -0.39 is 5.41 Å². The van der Waals surface area contributed by atoms with Crippen LogP contribution in [0.4, 0.5) is 0 Å². The van der Waals surface area contributed by atoms with E-state index in [0.29, 0.717) is 44.6 Å². The third kappa shape index (κ3) is 5.53. The normalized spacial score (nSPS) is 18.8. The Morgan fingerprint density at radius 3 is 2.51 bits per heavy atom. The van der Waals surface area contributed by atoms with Gasteiger partial charge >= 0.3 is 0 Å². The summed E-state index contributed by atoms with van der Waals surface area (Å²) in [4.78, 5) is 30.8. The molecule has 2 amide bonds.